The topological polar surface area (TPSA) is 176 Å². The van der Waals surface area contributed by atoms with E-state index in [-0.39, 0.29) is 108 Å². The first-order chi connectivity index (χ1) is 30.6. The lowest BCUT2D eigenvalue weighted by molar-refractivity contribution is -0.156. The lowest BCUT2D eigenvalue weighted by atomic mass is 9.75. The van der Waals surface area contributed by atoms with Gasteiger partial charge in [0.15, 0.2) is 17.4 Å². The molecule has 0 aromatic heterocycles. The van der Waals surface area contributed by atoms with E-state index < -0.39 is 58.2 Å². The Morgan fingerprint density at radius 3 is 1.67 bits per heavy atom. The summed E-state index contributed by atoms with van der Waals surface area (Å²) in [6.45, 7) is 12.1. The van der Waals surface area contributed by atoms with Crippen molar-refractivity contribution in [1.29, 1.82) is 0 Å². The lowest BCUT2D eigenvalue weighted by Gasteiger charge is -2.33. The number of carbonyl (C=O) groups excluding carboxylic acids is 6. The number of esters is 4. The maximum atomic E-state index is 15.2. The molecule has 0 fully saturated rings. The summed E-state index contributed by atoms with van der Waals surface area (Å²) in [5.74, 6) is -6.83. The molecular formula is C48H64F2O14. The van der Waals surface area contributed by atoms with Crippen molar-refractivity contribution in [3.05, 3.63) is 71.8 Å². The van der Waals surface area contributed by atoms with Gasteiger partial charge in [-0.25, -0.2) is 28.0 Å². The highest BCUT2D eigenvalue weighted by Gasteiger charge is 2.35. The average molecular weight is 903 g/mol. The molecule has 0 aliphatic carbocycles. The van der Waals surface area contributed by atoms with Gasteiger partial charge in [-0.1, -0.05) is 45.4 Å². The fourth-order valence-electron chi connectivity index (χ4n) is 6.33. The summed E-state index contributed by atoms with van der Waals surface area (Å²) in [5, 5.41) is 0. The molecule has 64 heavy (non-hydrogen) atoms. The SMILES string of the molecule is C=C(C)C(=O)OCCCc1cc(-c2cc(F)c(OCCCCCC)c(F)c2)ccc1OCCCC(CCC(=O)C(=O)OCCOC)(CCC(=O)C(=O)OCCOC)COC(=O)C(=C)C. The predicted octanol–water partition coefficient (Wildman–Crippen LogP) is 7.99. The molecule has 0 amide bonds. The van der Waals surface area contributed by atoms with Gasteiger partial charge < -0.3 is 37.9 Å². The molecule has 2 aromatic rings. The van der Waals surface area contributed by atoms with Crippen molar-refractivity contribution in [2.75, 3.05) is 67.1 Å². The molecule has 16 heteroatoms. The second-order valence-corrected chi connectivity index (χ2v) is 15.4. The number of hydrogen-bond donors (Lipinski definition) is 0. The molecule has 0 atom stereocenters. The minimum atomic E-state index is -1.13. The predicted molar refractivity (Wildman–Crippen MR) is 233 cm³/mol. The van der Waals surface area contributed by atoms with E-state index in [0.29, 0.717) is 36.1 Å². The monoisotopic (exact) mass is 902 g/mol. The van der Waals surface area contributed by atoms with E-state index in [9.17, 15) is 28.8 Å². The van der Waals surface area contributed by atoms with Gasteiger partial charge >= 0.3 is 23.9 Å². The zero-order chi connectivity index (χ0) is 47.5. The van der Waals surface area contributed by atoms with Crippen molar-refractivity contribution in [3.63, 3.8) is 0 Å². The number of rotatable bonds is 34. The maximum Gasteiger partial charge on any atom is 0.374 e. The molecule has 0 spiro atoms. The number of unbranched alkanes of at least 4 members (excludes halogenated alkanes) is 3. The number of methoxy groups -OCH3 is 2. The van der Waals surface area contributed by atoms with Crippen LogP contribution in [0.4, 0.5) is 8.78 Å². The average Bonchev–Trinajstić information content (AvgIpc) is 3.27. The summed E-state index contributed by atoms with van der Waals surface area (Å²) in [7, 11) is 2.82. The van der Waals surface area contributed by atoms with E-state index in [1.54, 1.807) is 18.2 Å². The Morgan fingerprint density at radius 1 is 0.578 bits per heavy atom. The Kier molecular flexibility index (Phi) is 25.5. The highest BCUT2D eigenvalue weighted by Crippen LogP contribution is 2.37. The number of carbonyl (C=O) groups is 6. The zero-order valence-corrected chi connectivity index (χ0v) is 37.9. The Hall–Kier alpha value is -5.48. The van der Waals surface area contributed by atoms with Crippen LogP contribution in [0.25, 0.3) is 11.1 Å². The summed E-state index contributed by atoms with van der Waals surface area (Å²) in [6, 6.07) is 7.43. The molecule has 354 valence electrons. The Morgan fingerprint density at radius 2 is 1.12 bits per heavy atom. The highest BCUT2D eigenvalue weighted by atomic mass is 19.1. The number of aryl methyl sites for hydroxylation is 1. The molecule has 0 aliphatic rings. The number of Topliss-reactive ketones (excluding diaryl/α,β-unsaturated/α-hetero) is 2. The first kappa shape index (κ1) is 54.7. The third-order valence-electron chi connectivity index (χ3n) is 10.0. The van der Waals surface area contributed by atoms with Gasteiger partial charge in [-0.3, -0.25) is 9.59 Å². The molecule has 0 radical (unpaired) electrons. The third kappa shape index (κ3) is 19.9. The van der Waals surface area contributed by atoms with E-state index >= 15 is 8.78 Å². The van der Waals surface area contributed by atoms with E-state index in [0.717, 1.165) is 19.3 Å². The second-order valence-electron chi connectivity index (χ2n) is 15.4. The van der Waals surface area contributed by atoms with Gasteiger partial charge in [0.2, 0.25) is 11.6 Å². The Bertz CT molecular complexity index is 1830. The van der Waals surface area contributed by atoms with Gasteiger partial charge in [-0.15, -0.1) is 0 Å². The van der Waals surface area contributed by atoms with Crippen LogP contribution < -0.4 is 9.47 Å². The van der Waals surface area contributed by atoms with Crippen LogP contribution in [0.2, 0.25) is 0 Å². The van der Waals surface area contributed by atoms with Crippen molar-refractivity contribution in [2.24, 2.45) is 5.41 Å². The van der Waals surface area contributed by atoms with Gasteiger partial charge in [0.05, 0.1) is 39.6 Å². The first-order valence-corrected chi connectivity index (χ1v) is 21.5. The van der Waals surface area contributed by atoms with E-state index in [1.807, 2.05) is 0 Å². The zero-order valence-electron chi connectivity index (χ0n) is 37.9. The highest BCUT2D eigenvalue weighted by molar-refractivity contribution is 6.34. The number of ketones is 2. The molecule has 2 aromatic carbocycles. The minimum absolute atomic E-state index is 0.0423. The van der Waals surface area contributed by atoms with Crippen LogP contribution >= 0.6 is 0 Å². The van der Waals surface area contributed by atoms with Crippen LogP contribution in [0.5, 0.6) is 11.5 Å². The number of halogens is 2. The van der Waals surface area contributed by atoms with E-state index in [4.69, 9.17) is 37.9 Å². The molecule has 0 N–H and O–H groups in total. The fourth-order valence-corrected chi connectivity index (χ4v) is 6.33. The summed E-state index contributed by atoms with van der Waals surface area (Å²) >= 11 is 0. The maximum absolute atomic E-state index is 15.2. The van der Waals surface area contributed by atoms with Crippen molar-refractivity contribution < 1.29 is 75.4 Å². The number of ether oxygens (including phenoxy) is 8. The van der Waals surface area contributed by atoms with Crippen molar-refractivity contribution in [1.82, 2.24) is 0 Å². The number of benzene rings is 2. The first-order valence-electron chi connectivity index (χ1n) is 21.5. The summed E-state index contributed by atoms with van der Waals surface area (Å²) < 4.78 is 72.7. The largest absolute Gasteiger partial charge is 0.493 e. The van der Waals surface area contributed by atoms with E-state index in [2.05, 4.69) is 20.1 Å². The standard InChI is InChI=1S/C48H64F2O14/c1-8-9-10-11-22-60-43-38(49)30-37(31-39(43)50)35-15-16-42(36(29-35)14-12-23-61-44(53)33(2)3)59-24-13-19-48(32-64-45(54)34(4)5,20-17-40(51)46(55)62-27-25-57-6)21-18-41(52)47(56)63-28-26-58-7/h15-16,29-31H,2,4,8-14,17-28,32H2,1,3,5-7H3. The summed E-state index contributed by atoms with van der Waals surface area (Å²) in [4.78, 5) is 75.4. The van der Waals surface area contributed by atoms with Gasteiger partial charge in [-0.05, 0) is 99.7 Å². The smallest absolute Gasteiger partial charge is 0.374 e. The Labute approximate surface area is 374 Å². The molecule has 0 aliphatic heterocycles. The summed E-state index contributed by atoms with van der Waals surface area (Å²) in [5.41, 5.74) is 0.606. The molecule has 0 saturated carbocycles. The van der Waals surface area contributed by atoms with Gasteiger partial charge in [0.25, 0.3) is 0 Å². The second kappa shape index (κ2) is 29.8. The summed E-state index contributed by atoms with van der Waals surface area (Å²) in [6.07, 6.45) is 3.96. The fraction of sp³-hybridized carbons (Fsp3) is 0.542. The molecule has 0 unspecified atom stereocenters. The molecule has 0 saturated heterocycles. The van der Waals surface area contributed by atoms with Crippen molar-refractivity contribution >= 4 is 35.4 Å². The molecule has 0 bridgehead atoms. The normalized spacial score (nSPS) is 11.0. The molecule has 0 heterocycles. The third-order valence-corrected chi connectivity index (χ3v) is 10.0. The minimum Gasteiger partial charge on any atom is -0.493 e. The van der Waals surface area contributed by atoms with Gasteiger partial charge in [0, 0.05) is 43.6 Å². The van der Waals surface area contributed by atoms with Crippen LogP contribution in [0.3, 0.4) is 0 Å². The molecular weight excluding hydrogens is 839 g/mol. The lowest BCUT2D eigenvalue weighted by Crippen LogP contribution is -2.33. The molecule has 2 rings (SSSR count). The Balaban J connectivity index is 2.41. The van der Waals surface area contributed by atoms with Crippen LogP contribution in [0, 0.1) is 17.0 Å². The number of hydrogen-bond acceptors (Lipinski definition) is 14. The molecule has 14 nitrogen and oxygen atoms in total. The quantitative estimate of drug-likeness (QED) is 0.0217. The van der Waals surface area contributed by atoms with Gasteiger partial charge in [-0.2, -0.15) is 0 Å². The van der Waals surface area contributed by atoms with Crippen LogP contribution in [-0.4, -0.2) is 103 Å². The van der Waals surface area contributed by atoms with Crippen LogP contribution in [-0.2, 0) is 63.6 Å². The van der Waals surface area contributed by atoms with Crippen molar-refractivity contribution in [2.45, 2.75) is 97.8 Å². The van der Waals surface area contributed by atoms with Crippen LogP contribution in [0.15, 0.2) is 54.6 Å². The van der Waals surface area contributed by atoms with E-state index in [1.165, 1.54) is 40.2 Å². The van der Waals surface area contributed by atoms with Crippen LogP contribution in [0.1, 0.15) is 97.0 Å². The van der Waals surface area contributed by atoms with Gasteiger partial charge in [0.1, 0.15) is 19.0 Å². The van der Waals surface area contributed by atoms with Crippen molar-refractivity contribution in [3.8, 4) is 22.6 Å².